The summed E-state index contributed by atoms with van der Waals surface area (Å²) < 4.78 is 5.45. The first kappa shape index (κ1) is 20.9. The molecule has 23 heavy (non-hydrogen) atoms. The number of hydrogen-bond acceptors (Lipinski definition) is 5. The van der Waals surface area contributed by atoms with E-state index >= 15 is 0 Å². The van der Waals surface area contributed by atoms with Gasteiger partial charge in [-0.1, -0.05) is 26.0 Å². The highest BCUT2D eigenvalue weighted by Crippen LogP contribution is 2.12. The zero-order chi connectivity index (χ0) is 17.8. The molecule has 0 spiro atoms. The zero-order valence-electron chi connectivity index (χ0n) is 13.8. The third-order valence-electron chi connectivity index (χ3n) is 2.51. The third-order valence-corrected chi connectivity index (χ3v) is 2.51. The summed E-state index contributed by atoms with van der Waals surface area (Å²) >= 11 is 0. The number of carboxylic acid groups (broad SMARTS) is 1. The van der Waals surface area contributed by atoms with Gasteiger partial charge in [-0.15, -0.1) is 0 Å². The Bertz CT molecular complexity index is 470. The molecule has 1 aromatic rings. The van der Waals surface area contributed by atoms with Gasteiger partial charge in [0.1, 0.15) is 18.5 Å². The highest BCUT2D eigenvalue weighted by atomic mass is 16.5. The molecule has 0 heterocycles. The second-order valence-corrected chi connectivity index (χ2v) is 5.33. The number of hydrogen-bond donors (Lipinski definition) is 4. The van der Waals surface area contributed by atoms with Gasteiger partial charge in [-0.25, -0.2) is 0 Å². The first-order valence-corrected chi connectivity index (χ1v) is 7.31. The van der Waals surface area contributed by atoms with Crippen LogP contribution in [-0.2, 0) is 16.0 Å². The summed E-state index contributed by atoms with van der Waals surface area (Å²) in [5, 5.41) is 20.2. The van der Waals surface area contributed by atoms with Gasteiger partial charge in [-0.2, -0.15) is 0 Å². The fourth-order valence-electron chi connectivity index (χ4n) is 1.53. The van der Waals surface area contributed by atoms with Crippen LogP contribution in [0, 0.1) is 0 Å². The second-order valence-electron chi connectivity index (χ2n) is 5.33. The Balaban J connectivity index is 0.00000108. The molecule has 1 atom stereocenters. The molecule has 1 amide bonds. The molecule has 1 unspecified atom stereocenters. The van der Waals surface area contributed by atoms with E-state index in [0.29, 0.717) is 18.3 Å². The molecule has 0 aliphatic heterocycles. The highest BCUT2D eigenvalue weighted by molar-refractivity contribution is 5.76. The largest absolute Gasteiger partial charge is 0.491 e. The van der Waals surface area contributed by atoms with E-state index in [4.69, 9.17) is 20.4 Å². The maximum atomic E-state index is 10.7. The van der Waals surface area contributed by atoms with Crippen molar-refractivity contribution in [2.24, 2.45) is 5.73 Å². The number of aliphatic hydroxyl groups excluding tert-OH is 1. The van der Waals surface area contributed by atoms with E-state index in [2.05, 4.69) is 5.32 Å². The van der Waals surface area contributed by atoms with Crippen molar-refractivity contribution in [1.29, 1.82) is 0 Å². The number of primary amides is 1. The topological polar surface area (TPSA) is 122 Å². The molecule has 0 bridgehead atoms. The fourth-order valence-corrected chi connectivity index (χ4v) is 1.53. The lowest BCUT2D eigenvalue weighted by atomic mass is 10.1. The van der Waals surface area contributed by atoms with E-state index < -0.39 is 12.1 Å². The Morgan fingerprint density at radius 1 is 1.26 bits per heavy atom. The number of aliphatic carboxylic acids is 1. The van der Waals surface area contributed by atoms with E-state index in [0.717, 1.165) is 12.5 Å². The first-order chi connectivity index (χ1) is 10.7. The quantitative estimate of drug-likeness (QED) is 0.553. The Morgan fingerprint density at radius 2 is 1.78 bits per heavy atom. The van der Waals surface area contributed by atoms with Crippen molar-refractivity contribution >= 4 is 11.9 Å². The second kappa shape index (κ2) is 11.4. The predicted octanol–water partition coefficient (Wildman–Crippen LogP) is 0.543. The number of nitrogens with one attached hydrogen (secondary N) is 1. The molecule has 5 N–H and O–H groups in total. The van der Waals surface area contributed by atoms with Crippen molar-refractivity contribution in [3.05, 3.63) is 29.8 Å². The number of benzene rings is 1. The summed E-state index contributed by atoms with van der Waals surface area (Å²) in [6.07, 6.45) is -0.325. The van der Waals surface area contributed by atoms with Crippen LogP contribution >= 0.6 is 0 Å². The number of rotatable bonds is 8. The van der Waals surface area contributed by atoms with Crippen LogP contribution in [0.2, 0.25) is 0 Å². The summed E-state index contributed by atoms with van der Waals surface area (Å²) in [5.74, 6) is -0.527. The monoisotopic (exact) mass is 326 g/mol. The lowest BCUT2D eigenvalue weighted by Gasteiger charge is -2.15. The van der Waals surface area contributed by atoms with Crippen molar-refractivity contribution in [1.82, 2.24) is 5.32 Å². The maximum absolute atomic E-state index is 10.7. The predicted molar refractivity (Wildman–Crippen MR) is 87.3 cm³/mol. The molecule has 0 fully saturated rings. The molecular weight excluding hydrogens is 300 g/mol. The first-order valence-electron chi connectivity index (χ1n) is 7.31. The molecule has 0 aliphatic carbocycles. The number of carbonyl (C=O) groups excluding carboxylic acids is 1. The van der Waals surface area contributed by atoms with Gasteiger partial charge < -0.3 is 26.0 Å². The van der Waals surface area contributed by atoms with Crippen molar-refractivity contribution in [3.8, 4) is 5.75 Å². The molecule has 0 aliphatic rings. The number of nitrogens with two attached hydrogens (primary N) is 1. The summed E-state index contributed by atoms with van der Waals surface area (Å²) in [7, 11) is 0. The van der Waals surface area contributed by atoms with Crippen molar-refractivity contribution in [2.75, 3.05) is 13.2 Å². The van der Waals surface area contributed by atoms with Crippen molar-refractivity contribution in [2.45, 2.75) is 39.3 Å². The van der Waals surface area contributed by atoms with Crippen LogP contribution < -0.4 is 15.8 Å². The van der Waals surface area contributed by atoms with Gasteiger partial charge in [0, 0.05) is 19.5 Å². The minimum Gasteiger partial charge on any atom is -0.491 e. The van der Waals surface area contributed by atoms with Gasteiger partial charge >= 0.3 is 0 Å². The summed E-state index contributed by atoms with van der Waals surface area (Å²) in [6.45, 7) is 5.85. The smallest absolute Gasteiger partial charge is 0.300 e. The normalized spacial score (nSPS) is 11.3. The van der Waals surface area contributed by atoms with Gasteiger partial charge in [0.15, 0.2) is 0 Å². The molecule has 0 radical (unpaired) electrons. The average Bonchev–Trinajstić information content (AvgIpc) is 2.43. The van der Waals surface area contributed by atoms with E-state index in [1.807, 2.05) is 13.8 Å². The Labute approximate surface area is 136 Å². The Hall–Kier alpha value is -2.12. The SMILES string of the molecule is CC(=O)O.CC(C)NCC(O)COc1ccc(CC(N)=O)cc1. The van der Waals surface area contributed by atoms with Gasteiger partial charge in [-0.05, 0) is 17.7 Å². The number of ether oxygens (including phenoxy) is 1. The van der Waals surface area contributed by atoms with Crippen LogP contribution in [0.4, 0.5) is 0 Å². The summed E-state index contributed by atoms with van der Waals surface area (Å²) in [5.41, 5.74) is 5.96. The Kier molecular flexibility index (Phi) is 10.4. The molecule has 7 nitrogen and oxygen atoms in total. The van der Waals surface area contributed by atoms with Crippen LogP contribution in [0.25, 0.3) is 0 Å². The number of aliphatic hydroxyl groups is 1. The van der Waals surface area contributed by atoms with Gasteiger partial charge in [0.25, 0.3) is 5.97 Å². The zero-order valence-corrected chi connectivity index (χ0v) is 13.8. The molecule has 0 saturated carbocycles. The average molecular weight is 326 g/mol. The summed E-state index contributed by atoms with van der Waals surface area (Å²) in [4.78, 5) is 19.7. The van der Waals surface area contributed by atoms with Crippen LogP contribution in [0.15, 0.2) is 24.3 Å². The lowest BCUT2D eigenvalue weighted by molar-refractivity contribution is -0.134. The number of carbonyl (C=O) groups is 2. The number of amides is 1. The van der Waals surface area contributed by atoms with Gasteiger partial charge in [0.05, 0.1) is 6.42 Å². The van der Waals surface area contributed by atoms with Crippen LogP contribution in [0.1, 0.15) is 26.3 Å². The standard InChI is InChI=1S/C14H22N2O3.C2H4O2/c1-10(2)16-8-12(17)9-19-13-5-3-11(4-6-13)7-14(15)18;1-2(3)4/h3-6,10,12,16-17H,7-9H2,1-2H3,(H2,15,18);1H3,(H,3,4). The van der Waals surface area contributed by atoms with Crippen LogP contribution in [-0.4, -0.2) is 47.4 Å². The van der Waals surface area contributed by atoms with E-state index in [9.17, 15) is 9.90 Å². The minimum absolute atomic E-state index is 0.223. The molecule has 130 valence electrons. The summed E-state index contributed by atoms with van der Waals surface area (Å²) in [6, 6.07) is 7.45. The molecule has 1 rings (SSSR count). The van der Waals surface area contributed by atoms with Crippen LogP contribution in [0.3, 0.4) is 0 Å². The lowest BCUT2D eigenvalue weighted by Crippen LogP contribution is -2.35. The minimum atomic E-state index is -0.833. The number of carboxylic acids is 1. The fraction of sp³-hybridized carbons (Fsp3) is 0.500. The van der Waals surface area contributed by atoms with E-state index in [-0.39, 0.29) is 18.9 Å². The molecule has 1 aromatic carbocycles. The molecular formula is C16H26N2O5. The highest BCUT2D eigenvalue weighted by Gasteiger charge is 2.06. The van der Waals surface area contributed by atoms with Crippen molar-refractivity contribution < 1.29 is 24.5 Å². The van der Waals surface area contributed by atoms with Crippen LogP contribution in [0.5, 0.6) is 5.75 Å². The van der Waals surface area contributed by atoms with Gasteiger partial charge in [0.2, 0.25) is 5.91 Å². The van der Waals surface area contributed by atoms with Crippen molar-refractivity contribution in [3.63, 3.8) is 0 Å². The Morgan fingerprint density at radius 3 is 2.22 bits per heavy atom. The molecule has 0 saturated heterocycles. The molecule has 0 aromatic heterocycles. The van der Waals surface area contributed by atoms with Gasteiger partial charge in [-0.3, -0.25) is 9.59 Å². The molecule has 7 heteroatoms. The van der Waals surface area contributed by atoms with E-state index in [1.54, 1.807) is 24.3 Å². The third kappa shape index (κ3) is 13.3. The van der Waals surface area contributed by atoms with E-state index in [1.165, 1.54) is 0 Å². The maximum Gasteiger partial charge on any atom is 0.300 e.